The van der Waals surface area contributed by atoms with Gasteiger partial charge in [-0.2, -0.15) is 0 Å². The van der Waals surface area contributed by atoms with Gasteiger partial charge in [-0.25, -0.2) is 0 Å². The van der Waals surface area contributed by atoms with Crippen LogP contribution in [0.4, 0.5) is 0 Å². The molecule has 1 saturated carbocycles. The fourth-order valence-electron chi connectivity index (χ4n) is 1.96. The van der Waals surface area contributed by atoms with Crippen molar-refractivity contribution in [1.29, 1.82) is 0 Å². The number of likely N-dealkylation sites (N-methyl/N-ethyl adjacent to an activating group) is 1. The van der Waals surface area contributed by atoms with Gasteiger partial charge in [0.25, 0.3) is 0 Å². The van der Waals surface area contributed by atoms with Crippen LogP contribution in [0.2, 0.25) is 0 Å². The summed E-state index contributed by atoms with van der Waals surface area (Å²) < 4.78 is 0. The van der Waals surface area contributed by atoms with Gasteiger partial charge in [0, 0.05) is 24.4 Å². The minimum Gasteiger partial charge on any atom is -0.317 e. The van der Waals surface area contributed by atoms with Gasteiger partial charge in [-0.05, 0) is 37.9 Å². The first-order valence-electron chi connectivity index (χ1n) is 5.95. The SMILES string of the molecule is CNC(CCC1CC1)Cc1ccccn1. The van der Waals surface area contributed by atoms with Crippen molar-refractivity contribution in [3.8, 4) is 0 Å². The molecule has 0 spiro atoms. The molecule has 1 aliphatic carbocycles. The zero-order valence-corrected chi connectivity index (χ0v) is 9.45. The molecule has 0 saturated heterocycles. The molecule has 1 aliphatic rings. The van der Waals surface area contributed by atoms with Crippen LogP contribution in [-0.4, -0.2) is 18.1 Å². The summed E-state index contributed by atoms with van der Waals surface area (Å²) in [4.78, 5) is 4.37. The lowest BCUT2D eigenvalue weighted by Gasteiger charge is -2.15. The second kappa shape index (κ2) is 5.26. The number of rotatable bonds is 6. The number of nitrogens with one attached hydrogen (secondary N) is 1. The van der Waals surface area contributed by atoms with Gasteiger partial charge in [0.1, 0.15) is 0 Å². The Balaban J connectivity index is 1.78. The fraction of sp³-hybridized carbons (Fsp3) is 0.615. The molecule has 2 rings (SSSR count). The van der Waals surface area contributed by atoms with Crippen LogP contribution in [0.5, 0.6) is 0 Å². The monoisotopic (exact) mass is 204 g/mol. The van der Waals surface area contributed by atoms with Gasteiger partial charge in [0.2, 0.25) is 0 Å². The van der Waals surface area contributed by atoms with Gasteiger partial charge in [0.05, 0.1) is 0 Å². The summed E-state index contributed by atoms with van der Waals surface area (Å²) in [5.74, 6) is 1.03. The van der Waals surface area contributed by atoms with Gasteiger partial charge in [0.15, 0.2) is 0 Å². The minimum absolute atomic E-state index is 0.598. The Bertz CT molecular complexity index is 280. The van der Waals surface area contributed by atoms with E-state index in [0.29, 0.717) is 6.04 Å². The first-order chi connectivity index (χ1) is 7.38. The molecule has 1 N–H and O–H groups in total. The molecule has 0 aliphatic heterocycles. The third-order valence-electron chi connectivity index (χ3n) is 3.21. The number of aromatic nitrogens is 1. The smallest absolute Gasteiger partial charge is 0.0419 e. The lowest BCUT2D eigenvalue weighted by molar-refractivity contribution is 0.481. The summed E-state index contributed by atoms with van der Waals surface area (Å²) in [6, 6.07) is 6.75. The average molecular weight is 204 g/mol. The molecule has 15 heavy (non-hydrogen) atoms. The normalized spacial score (nSPS) is 17.7. The number of hydrogen-bond acceptors (Lipinski definition) is 2. The first kappa shape index (κ1) is 10.6. The molecule has 2 heteroatoms. The van der Waals surface area contributed by atoms with Crippen LogP contribution in [-0.2, 0) is 6.42 Å². The van der Waals surface area contributed by atoms with Crippen molar-refractivity contribution in [2.75, 3.05) is 7.05 Å². The van der Waals surface area contributed by atoms with Crippen molar-refractivity contribution >= 4 is 0 Å². The highest BCUT2D eigenvalue weighted by Crippen LogP contribution is 2.34. The van der Waals surface area contributed by atoms with E-state index in [1.54, 1.807) is 0 Å². The van der Waals surface area contributed by atoms with Crippen molar-refractivity contribution < 1.29 is 0 Å². The lowest BCUT2D eigenvalue weighted by atomic mass is 10.0. The summed E-state index contributed by atoms with van der Waals surface area (Å²) in [5.41, 5.74) is 1.20. The Morgan fingerprint density at radius 2 is 2.33 bits per heavy atom. The molecule has 1 heterocycles. The maximum Gasteiger partial charge on any atom is 0.0419 e. The molecule has 2 nitrogen and oxygen atoms in total. The Hall–Kier alpha value is -0.890. The fourth-order valence-corrected chi connectivity index (χ4v) is 1.96. The van der Waals surface area contributed by atoms with E-state index >= 15 is 0 Å². The molecular formula is C13H20N2. The quantitative estimate of drug-likeness (QED) is 0.769. The summed E-state index contributed by atoms with van der Waals surface area (Å²) >= 11 is 0. The molecule has 82 valence electrons. The summed E-state index contributed by atoms with van der Waals surface area (Å²) in [5, 5.41) is 3.39. The van der Waals surface area contributed by atoms with E-state index in [-0.39, 0.29) is 0 Å². The third kappa shape index (κ3) is 3.63. The molecule has 1 fully saturated rings. The number of nitrogens with zero attached hydrogens (tertiary/aromatic N) is 1. The second-order valence-corrected chi connectivity index (χ2v) is 4.53. The van der Waals surface area contributed by atoms with Crippen LogP contribution < -0.4 is 5.32 Å². The van der Waals surface area contributed by atoms with Gasteiger partial charge >= 0.3 is 0 Å². The summed E-state index contributed by atoms with van der Waals surface area (Å²) in [6.07, 6.45) is 8.53. The number of pyridine rings is 1. The zero-order valence-electron chi connectivity index (χ0n) is 9.45. The van der Waals surface area contributed by atoms with E-state index in [2.05, 4.69) is 29.5 Å². The Kier molecular flexibility index (Phi) is 3.73. The average Bonchev–Trinajstić information content (AvgIpc) is 3.09. The molecule has 1 unspecified atom stereocenters. The molecule has 1 aromatic heterocycles. The Labute approximate surface area is 92.1 Å². The summed E-state index contributed by atoms with van der Waals surface area (Å²) in [6.45, 7) is 0. The highest BCUT2D eigenvalue weighted by Gasteiger charge is 2.22. The maximum absolute atomic E-state index is 4.37. The van der Waals surface area contributed by atoms with Crippen LogP contribution in [0.15, 0.2) is 24.4 Å². The summed E-state index contributed by atoms with van der Waals surface area (Å²) in [7, 11) is 2.06. The van der Waals surface area contributed by atoms with Crippen molar-refractivity contribution in [3.05, 3.63) is 30.1 Å². The standard InChI is InChI=1S/C13H20N2/c1-14-12(8-7-11-5-6-11)10-13-4-2-3-9-15-13/h2-4,9,11-12,14H,5-8,10H2,1H3. The third-order valence-corrected chi connectivity index (χ3v) is 3.21. The van der Waals surface area contributed by atoms with E-state index in [1.807, 2.05) is 12.3 Å². The lowest BCUT2D eigenvalue weighted by Crippen LogP contribution is -2.27. The molecule has 0 aromatic carbocycles. The molecule has 1 atom stereocenters. The molecule has 0 amide bonds. The van der Waals surface area contributed by atoms with Gasteiger partial charge < -0.3 is 5.32 Å². The van der Waals surface area contributed by atoms with Crippen molar-refractivity contribution in [1.82, 2.24) is 10.3 Å². The topological polar surface area (TPSA) is 24.9 Å². The molecular weight excluding hydrogens is 184 g/mol. The highest BCUT2D eigenvalue weighted by atomic mass is 14.9. The van der Waals surface area contributed by atoms with Gasteiger partial charge in [-0.15, -0.1) is 0 Å². The van der Waals surface area contributed by atoms with E-state index < -0.39 is 0 Å². The van der Waals surface area contributed by atoms with Gasteiger partial charge in [-0.1, -0.05) is 18.9 Å². The van der Waals surface area contributed by atoms with Gasteiger partial charge in [-0.3, -0.25) is 4.98 Å². The minimum atomic E-state index is 0.598. The second-order valence-electron chi connectivity index (χ2n) is 4.53. The van der Waals surface area contributed by atoms with Crippen LogP contribution in [0, 0.1) is 5.92 Å². The van der Waals surface area contributed by atoms with Crippen LogP contribution in [0.3, 0.4) is 0 Å². The van der Waals surface area contributed by atoms with Crippen molar-refractivity contribution in [3.63, 3.8) is 0 Å². The zero-order chi connectivity index (χ0) is 10.5. The molecule has 0 radical (unpaired) electrons. The van der Waals surface area contributed by atoms with E-state index in [4.69, 9.17) is 0 Å². The maximum atomic E-state index is 4.37. The van der Waals surface area contributed by atoms with Crippen LogP contribution >= 0.6 is 0 Å². The van der Waals surface area contributed by atoms with Crippen molar-refractivity contribution in [2.45, 2.75) is 38.1 Å². The molecule has 0 bridgehead atoms. The van der Waals surface area contributed by atoms with Crippen LogP contribution in [0.25, 0.3) is 0 Å². The van der Waals surface area contributed by atoms with Crippen molar-refractivity contribution in [2.24, 2.45) is 5.92 Å². The first-order valence-corrected chi connectivity index (χ1v) is 5.95. The predicted molar refractivity (Wildman–Crippen MR) is 62.7 cm³/mol. The predicted octanol–water partition coefficient (Wildman–Crippen LogP) is 2.40. The Morgan fingerprint density at radius 1 is 1.47 bits per heavy atom. The molecule has 1 aromatic rings. The van der Waals surface area contributed by atoms with E-state index in [1.165, 1.54) is 31.4 Å². The highest BCUT2D eigenvalue weighted by molar-refractivity contribution is 5.05. The van der Waals surface area contributed by atoms with E-state index in [9.17, 15) is 0 Å². The Morgan fingerprint density at radius 3 is 2.93 bits per heavy atom. The van der Waals surface area contributed by atoms with Crippen LogP contribution in [0.1, 0.15) is 31.4 Å². The largest absolute Gasteiger partial charge is 0.317 e. The van der Waals surface area contributed by atoms with E-state index in [0.717, 1.165) is 12.3 Å². The number of hydrogen-bond donors (Lipinski definition) is 1.